The van der Waals surface area contributed by atoms with Gasteiger partial charge in [-0.1, -0.05) is 18.5 Å². The van der Waals surface area contributed by atoms with Crippen molar-refractivity contribution in [3.63, 3.8) is 0 Å². The first-order valence-corrected chi connectivity index (χ1v) is 6.83. The quantitative estimate of drug-likeness (QED) is 0.661. The van der Waals surface area contributed by atoms with Crippen molar-refractivity contribution in [2.75, 3.05) is 10.5 Å². The number of sulfonamides is 1. The van der Waals surface area contributed by atoms with Crippen LogP contribution in [0.4, 0.5) is 11.4 Å². The molecule has 1 aromatic rings. The Morgan fingerprint density at radius 2 is 2.12 bits per heavy atom. The maximum absolute atomic E-state index is 11.5. The first-order valence-electron chi connectivity index (χ1n) is 4.80. The van der Waals surface area contributed by atoms with Gasteiger partial charge >= 0.3 is 0 Å². The van der Waals surface area contributed by atoms with Gasteiger partial charge in [0.25, 0.3) is 5.69 Å². The number of nitrogens with zero attached hydrogens (tertiary/aromatic N) is 1. The zero-order valence-corrected chi connectivity index (χ0v) is 10.6. The molecule has 0 radical (unpaired) electrons. The predicted molar refractivity (Wildman–Crippen MR) is 65.8 cm³/mol. The van der Waals surface area contributed by atoms with Gasteiger partial charge in [-0.05, 0) is 18.6 Å². The molecule has 1 rings (SSSR count). The number of benzene rings is 1. The lowest BCUT2D eigenvalue weighted by molar-refractivity contribution is -0.383. The van der Waals surface area contributed by atoms with E-state index in [0.29, 0.717) is 6.42 Å². The van der Waals surface area contributed by atoms with E-state index in [0.717, 1.165) is 6.07 Å². The molecular formula is C9H11ClN2O4S. The Morgan fingerprint density at radius 1 is 1.47 bits per heavy atom. The van der Waals surface area contributed by atoms with Crippen LogP contribution in [0.2, 0.25) is 5.02 Å². The highest BCUT2D eigenvalue weighted by Crippen LogP contribution is 2.28. The summed E-state index contributed by atoms with van der Waals surface area (Å²) in [5.74, 6) is -0.101. The van der Waals surface area contributed by atoms with Crippen LogP contribution in [-0.4, -0.2) is 19.1 Å². The first kappa shape index (κ1) is 13.7. The monoisotopic (exact) mass is 278 g/mol. The van der Waals surface area contributed by atoms with Crippen molar-refractivity contribution in [1.82, 2.24) is 0 Å². The molecule has 17 heavy (non-hydrogen) atoms. The number of nitro groups is 1. The molecule has 0 atom stereocenters. The smallest absolute Gasteiger partial charge is 0.277 e. The minimum absolute atomic E-state index is 0.101. The molecular weight excluding hydrogens is 268 g/mol. The van der Waals surface area contributed by atoms with Crippen LogP contribution in [-0.2, 0) is 10.0 Å². The van der Waals surface area contributed by atoms with Gasteiger partial charge in [-0.15, -0.1) is 0 Å². The summed E-state index contributed by atoms with van der Waals surface area (Å²) in [6.45, 7) is 1.70. The molecule has 0 saturated heterocycles. The summed E-state index contributed by atoms with van der Waals surface area (Å²) in [4.78, 5) is 10.0. The molecule has 0 aromatic heterocycles. The highest BCUT2D eigenvalue weighted by Gasteiger charge is 2.18. The van der Waals surface area contributed by atoms with Crippen LogP contribution in [0.15, 0.2) is 18.2 Å². The zero-order valence-electron chi connectivity index (χ0n) is 9.01. The van der Waals surface area contributed by atoms with E-state index >= 15 is 0 Å². The lowest BCUT2D eigenvalue weighted by atomic mass is 10.3. The summed E-state index contributed by atoms with van der Waals surface area (Å²) >= 11 is 5.67. The van der Waals surface area contributed by atoms with Crippen LogP contribution in [0.1, 0.15) is 13.3 Å². The third kappa shape index (κ3) is 3.86. The second kappa shape index (κ2) is 5.33. The van der Waals surface area contributed by atoms with Gasteiger partial charge < -0.3 is 0 Å². The lowest BCUT2D eigenvalue weighted by Crippen LogP contribution is -2.16. The number of rotatable bonds is 5. The highest BCUT2D eigenvalue weighted by molar-refractivity contribution is 7.92. The Labute approximate surface area is 104 Å². The molecule has 0 fully saturated rings. The summed E-state index contributed by atoms with van der Waals surface area (Å²) < 4.78 is 25.2. The Bertz CT molecular complexity index is 530. The van der Waals surface area contributed by atoms with Crippen molar-refractivity contribution in [2.24, 2.45) is 0 Å². The first-order chi connectivity index (χ1) is 7.85. The summed E-state index contributed by atoms with van der Waals surface area (Å²) in [5.41, 5.74) is -0.440. The maximum atomic E-state index is 11.5. The molecule has 0 unspecified atom stereocenters. The molecule has 0 aliphatic heterocycles. The standard InChI is InChI=1S/C9H11ClN2O4S/c1-2-5-17(15,16)11-8-6-7(10)3-4-9(8)12(13)14/h3-4,6,11H,2,5H2,1H3. The van der Waals surface area contributed by atoms with Gasteiger partial charge in [-0.2, -0.15) is 0 Å². The third-order valence-electron chi connectivity index (χ3n) is 1.89. The average molecular weight is 279 g/mol. The predicted octanol–water partition coefficient (Wildman–Crippen LogP) is 2.40. The number of nitro benzene ring substituents is 1. The van der Waals surface area contributed by atoms with E-state index in [1.54, 1.807) is 6.92 Å². The molecule has 6 nitrogen and oxygen atoms in total. The van der Waals surface area contributed by atoms with Crippen LogP contribution >= 0.6 is 11.6 Å². The molecule has 0 heterocycles. The van der Waals surface area contributed by atoms with E-state index in [2.05, 4.69) is 4.72 Å². The molecule has 0 saturated carbocycles. The van der Waals surface area contributed by atoms with Gasteiger partial charge in [0.1, 0.15) is 5.69 Å². The van der Waals surface area contributed by atoms with Crippen LogP contribution in [0.3, 0.4) is 0 Å². The molecule has 1 N–H and O–H groups in total. The van der Waals surface area contributed by atoms with E-state index < -0.39 is 14.9 Å². The molecule has 0 amide bonds. The van der Waals surface area contributed by atoms with Gasteiger partial charge in [0.15, 0.2) is 0 Å². The third-order valence-corrected chi connectivity index (χ3v) is 3.61. The second-order valence-corrected chi connectivity index (χ2v) is 5.62. The zero-order chi connectivity index (χ0) is 13.1. The number of anilines is 1. The summed E-state index contributed by atoms with van der Waals surface area (Å²) in [6.07, 6.45) is 0.420. The SMILES string of the molecule is CCCS(=O)(=O)Nc1cc(Cl)ccc1[N+](=O)[O-]. The van der Waals surface area contributed by atoms with Gasteiger partial charge in [0.2, 0.25) is 10.0 Å². The van der Waals surface area contributed by atoms with Crippen molar-refractivity contribution in [3.05, 3.63) is 33.3 Å². The molecule has 0 aliphatic carbocycles. The second-order valence-electron chi connectivity index (χ2n) is 3.34. The fourth-order valence-electron chi connectivity index (χ4n) is 1.24. The van der Waals surface area contributed by atoms with Crippen molar-refractivity contribution in [1.29, 1.82) is 0 Å². The number of halogens is 1. The van der Waals surface area contributed by atoms with Gasteiger partial charge in [0.05, 0.1) is 10.7 Å². The van der Waals surface area contributed by atoms with E-state index in [1.807, 2.05) is 0 Å². The fourth-order valence-corrected chi connectivity index (χ4v) is 2.55. The number of hydrogen-bond acceptors (Lipinski definition) is 4. The summed E-state index contributed by atoms with van der Waals surface area (Å²) in [5, 5.41) is 10.9. The molecule has 94 valence electrons. The maximum Gasteiger partial charge on any atom is 0.293 e. The Hall–Kier alpha value is -1.34. The fraction of sp³-hybridized carbons (Fsp3) is 0.333. The molecule has 0 bridgehead atoms. The van der Waals surface area contributed by atoms with Crippen molar-refractivity contribution >= 4 is 33.0 Å². The highest BCUT2D eigenvalue weighted by atomic mass is 35.5. The van der Waals surface area contributed by atoms with Crippen LogP contribution in [0.5, 0.6) is 0 Å². The topological polar surface area (TPSA) is 89.3 Å². The normalized spacial score (nSPS) is 11.2. The van der Waals surface area contributed by atoms with Crippen molar-refractivity contribution in [3.8, 4) is 0 Å². The summed E-state index contributed by atoms with van der Waals surface area (Å²) in [7, 11) is -3.57. The van der Waals surface area contributed by atoms with Crippen LogP contribution < -0.4 is 4.72 Å². The van der Waals surface area contributed by atoms with Gasteiger partial charge in [-0.3, -0.25) is 14.8 Å². The molecule has 8 heteroatoms. The number of hydrogen-bond donors (Lipinski definition) is 1. The van der Waals surface area contributed by atoms with Gasteiger partial charge in [0, 0.05) is 11.1 Å². The number of nitrogens with one attached hydrogen (secondary N) is 1. The van der Waals surface area contributed by atoms with E-state index in [1.165, 1.54) is 12.1 Å². The van der Waals surface area contributed by atoms with E-state index in [4.69, 9.17) is 11.6 Å². The Kier molecular flexibility index (Phi) is 4.30. The van der Waals surface area contributed by atoms with Gasteiger partial charge in [-0.25, -0.2) is 8.42 Å². The van der Waals surface area contributed by atoms with Crippen molar-refractivity contribution < 1.29 is 13.3 Å². The lowest BCUT2D eigenvalue weighted by Gasteiger charge is -2.07. The Morgan fingerprint density at radius 3 is 2.65 bits per heavy atom. The summed E-state index contributed by atoms with van der Waals surface area (Å²) in [6, 6.07) is 3.70. The average Bonchev–Trinajstić information content (AvgIpc) is 2.15. The molecule has 1 aromatic carbocycles. The largest absolute Gasteiger partial charge is 0.293 e. The minimum Gasteiger partial charge on any atom is -0.277 e. The molecule has 0 spiro atoms. The van der Waals surface area contributed by atoms with E-state index in [-0.39, 0.29) is 22.2 Å². The van der Waals surface area contributed by atoms with Crippen LogP contribution in [0.25, 0.3) is 0 Å². The van der Waals surface area contributed by atoms with Crippen LogP contribution in [0, 0.1) is 10.1 Å². The molecule has 0 aliphatic rings. The Balaban J connectivity index is 3.13. The van der Waals surface area contributed by atoms with Crippen molar-refractivity contribution in [2.45, 2.75) is 13.3 Å². The van der Waals surface area contributed by atoms with E-state index in [9.17, 15) is 18.5 Å². The minimum atomic E-state index is -3.57.